The number of aryl methyl sites for hydroxylation is 1. The number of aliphatic hydroxyl groups excluding tert-OH is 1. The van der Waals surface area contributed by atoms with E-state index < -0.39 is 18.1 Å². The first kappa shape index (κ1) is 18.8. The van der Waals surface area contributed by atoms with E-state index in [1.807, 2.05) is 6.07 Å². The molecule has 0 bridgehead atoms. The van der Waals surface area contributed by atoms with Crippen LogP contribution in [-0.2, 0) is 18.4 Å². The molecule has 0 saturated heterocycles. The van der Waals surface area contributed by atoms with E-state index in [-0.39, 0.29) is 23.5 Å². The zero-order valence-corrected chi connectivity index (χ0v) is 15.6. The maximum Gasteiger partial charge on any atom is 0.483 e. The van der Waals surface area contributed by atoms with Crippen LogP contribution in [0.2, 0.25) is 0 Å². The van der Waals surface area contributed by atoms with E-state index >= 15 is 0 Å². The first-order valence-corrected chi connectivity index (χ1v) is 8.78. The van der Waals surface area contributed by atoms with Crippen molar-refractivity contribution in [1.82, 2.24) is 9.55 Å². The third-order valence-electron chi connectivity index (χ3n) is 4.89. The predicted molar refractivity (Wildman–Crippen MR) is 99.3 cm³/mol. The number of carbonyl (C=O) groups is 1. The molecule has 1 aliphatic rings. The molecule has 3 aromatic rings. The number of para-hydroxylation sites is 1. The summed E-state index contributed by atoms with van der Waals surface area (Å²) >= 11 is 0. The fraction of sp³-hybridized carbons (Fsp3) is 0.250. The Morgan fingerprint density at radius 3 is 2.79 bits per heavy atom. The average molecular weight is 398 g/mol. The van der Waals surface area contributed by atoms with Crippen LogP contribution >= 0.6 is 0 Å². The molecule has 7 nitrogen and oxygen atoms in total. The van der Waals surface area contributed by atoms with Crippen molar-refractivity contribution in [3.05, 3.63) is 53.3 Å². The van der Waals surface area contributed by atoms with Crippen molar-refractivity contribution in [3.8, 4) is 11.8 Å². The van der Waals surface area contributed by atoms with Gasteiger partial charge in [-0.15, -0.1) is 0 Å². The molecule has 2 aromatic carbocycles. The Morgan fingerprint density at radius 1 is 1.34 bits per heavy atom. The van der Waals surface area contributed by atoms with Gasteiger partial charge < -0.3 is 14.4 Å². The molecular weight excluding hydrogens is 382 g/mol. The molecule has 2 heterocycles. The maximum absolute atomic E-state index is 14.3. The summed E-state index contributed by atoms with van der Waals surface area (Å²) in [5.74, 6) is -1.40. The number of rotatable bonds is 3. The summed E-state index contributed by atoms with van der Waals surface area (Å²) in [4.78, 5) is 17.7. The number of nitrogens with zero attached hydrogens (tertiary/aromatic N) is 4. The van der Waals surface area contributed by atoms with Crippen LogP contribution in [0.1, 0.15) is 30.0 Å². The molecule has 0 fully saturated rings. The fourth-order valence-corrected chi connectivity index (χ4v) is 3.38. The lowest BCUT2D eigenvalue weighted by Crippen LogP contribution is -2.51. The predicted octanol–water partition coefficient (Wildman–Crippen LogP) is 3.02. The van der Waals surface area contributed by atoms with Gasteiger partial charge in [0.2, 0.25) is 0 Å². The molecule has 0 saturated carbocycles. The molecule has 1 atom stereocenters. The molecule has 29 heavy (non-hydrogen) atoms. The van der Waals surface area contributed by atoms with Crippen LogP contribution in [0.25, 0.3) is 11.0 Å². The fourth-order valence-electron chi connectivity index (χ4n) is 3.38. The van der Waals surface area contributed by atoms with Crippen molar-refractivity contribution in [3.63, 3.8) is 0 Å². The second kappa shape index (κ2) is 6.53. The minimum Gasteiger partial charge on any atom is -0.423 e. The lowest BCUT2D eigenvalue weighted by Gasteiger charge is -2.34. The van der Waals surface area contributed by atoms with E-state index in [1.165, 1.54) is 19.1 Å². The maximum atomic E-state index is 14.3. The van der Waals surface area contributed by atoms with E-state index in [0.717, 1.165) is 4.90 Å². The van der Waals surface area contributed by atoms with Crippen molar-refractivity contribution >= 4 is 22.6 Å². The Balaban J connectivity index is 1.83. The number of hydrogen-bond acceptors (Lipinski definition) is 5. The van der Waals surface area contributed by atoms with Gasteiger partial charge in [0.05, 0.1) is 41.0 Å². The second-order valence-electron chi connectivity index (χ2n) is 6.78. The number of nitriles is 1. The number of anilines is 1. The van der Waals surface area contributed by atoms with Crippen LogP contribution in [0.4, 0.5) is 14.5 Å². The van der Waals surface area contributed by atoms with Gasteiger partial charge in [0, 0.05) is 12.6 Å². The number of halogens is 2. The number of aliphatic hydroxyl groups is 1. The van der Waals surface area contributed by atoms with Crippen LogP contribution in [0.5, 0.6) is 5.75 Å². The van der Waals surface area contributed by atoms with Gasteiger partial charge in [-0.05, 0) is 31.2 Å². The molecule has 1 unspecified atom stereocenters. The highest BCUT2D eigenvalue weighted by Crippen LogP contribution is 2.44. The number of fused-ring (bicyclic) bond motifs is 2. The number of carbonyl (C=O) groups excluding carboxylic acids is 1. The Bertz CT molecular complexity index is 1180. The monoisotopic (exact) mass is 398 g/mol. The number of imidazole rings is 1. The lowest BCUT2D eigenvalue weighted by atomic mass is 10.1. The molecule has 0 aliphatic carbocycles. The van der Waals surface area contributed by atoms with Gasteiger partial charge in [0.1, 0.15) is 5.82 Å². The molecule has 0 radical (unpaired) electrons. The second-order valence-corrected chi connectivity index (χ2v) is 6.78. The van der Waals surface area contributed by atoms with Crippen LogP contribution in [-0.4, -0.2) is 26.7 Å². The van der Waals surface area contributed by atoms with E-state index in [9.17, 15) is 18.7 Å². The molecule has 4 rings (SSSR count). The van der Waals surface area contributed by atoms with E-state index in [0.29, 0.717) is 22.4 Å². The van der Waals surface area contributed by atoms with Crippen LogP contribution in [0.3, 0.4) is 0 Å². The molecule has 148 valence electrons. The standard InChI is InChI=1S/C20H16F2N4O3/c1-11(27)13-4-3-5-15-18(13)29-20(21,22)19(28)26(15)10-17-24-14-7-6-12(9-23)8-16(14)25(17)2/h3-8,11,27H,10H2,1-2H3. The summed E-state index contributed by atoms with van der Waals surface area (Å²) in [6, 6.07) is 11.4. The molecule has 1 amide bonds. The van der Waals surface area contributed by atoms with Crippen LogP contribution in [0, 0.1) is 11.3 Å². The Kier molecular flexibility index (Phi) is 4.24. The summed E-state index contributed by atoms with van der Waals surface area (Å²) < 4.78 is 34.9. The van der Waals surface area contributed by atoms with Crippen molar-refractivity contribution in [2.75, 3.05) is 4.90 Å². The van der Waals surface area contributed by atoms with Crippen molar-refractivity contribution in [1.29, 1.82) is 5.26 Å². The first-order valence-electron chi connectivity index (χ1n) is 8.78. The first-order chi connectivity index (χ1) is 13.7. The normalized spacial score (nSPS) is 16.3. The third kappa shape index (κ3) is 2.98. The zero-order chi connectivity index (χ0) is 20.9. The number of benzene rings is 2. The van der Waals surface area contributed by atoms with E-state index in [4.69, 9.17) is 5.26 Å². The summed E-state index contributed by atoms with van der Waals surface area (Å²) in [5, 5.41) is 19.0. The SMILES string of the molecule is CC(O)c1cccc2c1OC(F)(F)C(=O)N2Cc1nc2ccc(C#N)cc2n1C. The minimum absolute atomic E-state index is 0.129. The molecular formula is C20H16F2N4O3. The van der Waals surface area contributed by atoms with Crippen LogP contribution < -0.4 is 9.64 Å². The molecule has 1 aliphatic heterocycles. The quantitative estimate of drug-likeness (QED) is 0.732. The average Bonchev–Trinajstić information content (AvgIpc) is 2.99. The van der Waals surface area contributed by atoms with Gasteiger partial charge in [0.25, 0.3) is 0 Å². The number of amides is 1. The van der Waals surface area contributed by atoms with Gasteiger partial charge in [-0.2, -0.15) is 14.0 Å². The topological polar surface area (TPSA) is 91.4 Å². The molecule has 9 heteroatoms. The van der Waals surface area contributed by atoms with Crippen LogP contribution in [0.15, 0.2) is 36.4 Å². The Morgan fingerprint density at radius 2 is 2.10 bits per heavy atom. The number of hydrogen-bond donors (Lipinski definition) is 1. The lowest BCUT2D eigenvalue weighted by molar-refractivity contribution is -0.193. The molecule has 0 spiro atoms. The van der Waals surface area contributed by atoms with E-state index in [2.05, 4.69) is 9.72 Å². The summed E-state index contributed by atoms with van der Waals surface area (Å²) in [5.41, 5.74) is 1.94. The van der Waals surface area contributed by atoms with Gasteiger partial charge in [-0.25, -0.2) is 4.98 Å². The largest absolute Gasteiger partial charge is 0.483 e. The smallest absolute Gasteiger partial charge is 0.423 e. The highest BCUT2D eigenvalue weighted by molar-refractivity contribution is 6.01. The molecule has 1 N–H and O–H groups in total. The van der Waals surface area contributed by atoms with E-state index in [1.54, 1.807) is 35.9 Å². The van der Waals surface area contributed by atoms with Crippen molar-refractivity contribution in [2.45, 2.75) is 25.7 Å². The van der Waals surface area contributed by atoms with Crippen molar-refractivity contribution in [2.24, 2.45) is 7.05 Å². The third-order valence-corrected chi connectivity index (χ3v) is 4.89. The summed E-state index contributed by atoms with van der Waals surface area (Å²) in [6.07, 6.45) is -5.13. The van der Waals surface area contributed by atoms with Gasteiger partial charge in [-0.1, -0.05) is 12.1 Å². The minimum atomic E-state index is -4.07. The Hall–Kier alpha value is -3.51. The number of ether oxygens (including phenoxy) is 1. The van der Waals surface area contributed by atoms with Gasteiger partial charge in [-0.3, -0.25) is 9.69 Å². The van der Waals surface area contributed by atoms with Gasteiger partial charge >= 0.3 is 12.0 Å². The highest BCUT2D eigenvalue weighted by atomic mass is 19.3. The van der Waals surface area contributed by atoms with Crippen molar-refractivity contribution < 1.29 is 23.4 Å². The van der Waals surface area contributed by atoms with Gasteiger partial charge in [0.15, 0.2) is 5.75 Å². The number of aromatic nitrogens is 2. The Labute approximate surface area is 164 Å². The molecule has 1 aromatic heterocycles. The highest BCUT2D eigenvalue weighted by Gasteiger charge is 2.51. The summed E-state index contributed by atoms with van der Waals surface area (Å²) in [6.45, 7) is 1.19. The summed E-state index contributed by atoms with van der Waals surface area (Å²) in [7, 11) is 1.68. The zero-order valence-electron chi connectivity index (χ0n) is 15.6. The number of alkyl halides is 2.